The summed E-state index contributed by atoms with van der Waals surface area (Å²) >= 11 is 9.01. The Morgan fingerprint density at radius 3 is 2.92 bits per heavy atom. The number of rotatable bonds is 4. The standard InChI is InChI=1S/C19H14ClN3OS2/c1-11-5-6-15-16(7-11)26-19(22-15)23-17(24)9-14-10-25-18(21-14)12-3-2-4-13(20)8-12/h2-8,10H,9H2,1H3,(H,22,23,24). The molecule has 7 heteroatoms. The number of halogens is 1. The highest BCUT2D eigenvalue weighted by Crippen LogP contribution is 2.28. The molecule has 4 rings (SSSR count). The van der Waals surface area contributed by atoms with E-state index in [-0.39, 0.29) is 12.3 Å². The number of aryl methyl sites for hydroxylation is 1. The summed E-state index contributed by atoms with van der Waals surface area (Å²) in [5.41, 5.74) is 3.76. The second-order valence-electron chi connectivity index (χ2n) is 5.87. The lowest BCUT2D eigenvalue weighted by molar-refractivity contribution is -0.115. The van der Waals surface area contributed by atoms with Gasteiger partial charge in [0.2, 0.25) is 5.91 Å². The summed E-state index contributed by atoms with van der Waals surface area (Å²) in [7, 11) is 0. The second kappa shape index (κ2) is 7.15. The Balaban J connectivity index is 1.46. The maximum Gasteiger partial charge on any atom is 0.232 e. The molecule has 0 saturated heterocycles. The normalized spacial score (nSPS) is 11.0. The van der Waals surface area contributed by atoms with E-state index in [1.165, 1.54) is 28.2 Å². The lowest BCUT2D eigenvalue weighted by Gasteiger charge is -1.99. The van der Waals surface area contributed by atoms with Crippen molar-refractivity contribution in [3.05, 3.63) is 64.1 Å². The van der Waals surface area contributed by atoms with Gasteiger partial charge >= 0.3 is 0 Å². The minimum atomic E-state index is -0.122. The topological polar surface area (TPSA) is 54.9 Å². The first kappa shape index (κ1) is 17.1. The van der Waals surface area contributed by atoms with E-state index < -0.39 is 0 Å². The minimum absolute atomic E-state index is 0.122. The van der Waals surface area contributed by atoms with Gasteiger partial charge in [-0.25, -0.2) is 9.97 Å². The summed E-state index contributed by atoms with van der Waals surface area (Å²) in [6, 6.07) is 13.6. The summed E-state index contributed by atoms with van der Waals surface area (Å²) in [4.78, 5) is 21.3. The average Bonchev–Trinajstić information content (AvgIpc) is 3.20. The van der Waals surface area contributed by atoms with Crippen LogP contribution in [0.3, 0.4) is 0 Å². The first-order valence-electron chi connectivity index (χ1n) is 7.94. The average molecular weight is 400 g/mol. The first-order chi connectivity index (χ1) is 12.6. The number of nitrogens with one attached hydrogen (secondary N) is 1. The van der Waals surface area contributed by atoms with Crippen LogP contribution in [0, 0.1) is 6.92 Å². The Hall–Kier alpha value is -2.28. The molecule has 0 unspecified atom stereocenters. The van der Waals surface area contributed by atoms with Crippen LogP contribution in [0.4, 0.5) is 5.13 Å². The fraction of sp³-hybridized carbons (Fsp3) is 0.105. The Morgan fingerprint density at radius 2 is 2.08 bits per heavy atom. The predicted molar refractivity (Wildman–Crippen MR) is 109 cm³/mol. The largest absolute Gasteiger partial charge is 0.302 e. The molecule has 4 aromatic rings. The molecule has 0 aliphatic heterocycles. The van der Waals surface area contributed by atoms with Crippen molar-refractivity contribution in [2.45, 2.75) is 13.3 Å². The van der Waals surface area contributed by atoms with Gasteiger partial charge in [-0.1, -0.05) is 41.1 Å². The van der Waals surface area contributed by atoms with Crippen LogP contribution in [0.25, 0.3) is 20.8 Å². The number of carbonyl (C=O) groups is 1. The van der Waals surface area contributed by atoms with Crippen LogP contribution in [0.1, 0.15) is 11.3 Å². The number of thiazole rings is 2. The van der Waals surface area contributed by atoms with Crippen LogP contribution in [-0.2, 0) is 11.2 Å². The number of carbonyl (C=O) groups excluding carboxylic acids is 1. The molecule has 0 spiro atoms. The zero-order valence-corrected chi connectivity index (χ0v) is 16.2. The predicted octanol–water partition coefficient (Wildman–Crippen LogP) is 5.56. The molecule has 0 aliphatic carbocycles. The molecule has 0 bridgehead atoms. The third kappa shape index (κ3) is 3.77. The maximum absolute atomic E-state index is 12.3. The number of anilines is 1. The zero-order valence-electron chi connectivity index (χ0n) is 13.8. The van der Waals surface area contributed by atoms with Crippen molar-refractivity contribution < 1.29 is 4.79 Å². The van der Waals surface area contributed by atoms with Gasteiger partial charge in [-0.2, -0.15) is 0 Å². The van der Waals surface area contributed by atoms with E-state index in [9.17, 15) is 4.79 Å². The lowest BCUT2D eigenvalue weighted by atomic mass is 10.2. The molecule has 2 aromatic carbocycles. The second-order valence-corrected chi connectivity index (χ2v) is 8.19. The van der Waals surface area contributed by atoms with Gasteiger partial charge in [0.05, 0.1) is 22.3 Å². The molecule has 26 heavy (non-hydrogen) atoms. The van der Waals surface area contributed by atoms with Crippen molar-refractivity contribution in [3.63, 3.8) is 0 Å². The van der Waals surface area contributed by atoms with Crippen LogP contribution >= 0.6 is 34.3 Å². The summed E-state index contributed by atoms with van der Waals surface area (Å²) in [5.74, 6) is -0.122. The minimum Gasteiger partial charge on any atom is -0.302 e. The monoisotopic (exact) mass is 399 g/mol. The molecule has 1 amide bonds. The SMILES string of the molecule is Cc1ccc2nc(NC(=O)Cc3csc(-c4cccc(Cl)c4)n3)sc2c1. The van der Waals surface area contributed by atoms with Crippen LogP contribution < -0.4 is 5.32 Å². The Labute approximate surface area is 163 Å². The molecule has 1 N–H and O–H groups in total. The number of amides is 1. The highest BCUT2D eigenvalue weighted by atomic mass is 35.5. The summed E-state index contributed by atoms with van der Waals surface area (Å²) in [6.45, 7) is 2.04. The quantitative estimate of drug-likeness (QED) is 0.488. The van der Waals surface area contributed by atoms with Gasteiger partial charge in [0.25, 0.3) is 0 Å². The van der Waals surface area contributed by atoms with Crippen molar-refractivity contribution in [3.8, 4) is 10.6 Å². The number of aromatic nitrogens is 2. The van der Waals surface area contributed by atoms with Gasteiger partial charge in [-0.3, -0.25) is 4.79 Å². The molecule has 130 valence electrons. The zero-order chi connectivity index (χ0) is 18.1. The van der Waals surface area contributed by atoms with E-state index in [4.69, 9.17) is 11.6 Å². The molecule has 4 nitrogen and oxygen atoms in total. The fourth-order valence-corrected chi connectivity index (χ4v) is 4.54. The summed E-state index contributed by atoms with van der Waals surface area (Å²) < 4.78 is 1.07. The van der Waals surface area contributed by atoms with Gasteiger partial charge in [0, 0.05) is 16.0 Å². The number of benzene rings is 2. The van der Waals surface area contributed by atoms with Crippen LogP contribution in [-0.4, -0.2) is 15.9 Å². The molecule has 2 aromatic heterocycles. The molecule has 0 fully saturated rings. The Kier molecular flexibility index (Phi) is 4.72. The van der Waals surface area contributed by atoms with E-state index in [0.717, 1.165) is 26.5 Å². The molecule has 0 radical (unpaired) electrons. The lowest BCUT2D eigenvalue weighted by Crippen LogP contribution is -2.14. The third-order valence-corrected chi connectivity index (χ3v) is 5.86. The van der Waals surface area contributed by atoms with Crippen LogP contribution in [0.15, 0.2) is 47.8 Å². The number of hydrogen-bond donors (Lipinski definition) is 1. The van der Waals surface area contributed by atoms with E-state index in [0.29, 0.717) is 10.2 Å². The van der Waals surface area contributed by atoms with Crippen LogP contribution in [0.5, 0.6) is 0 Å². The van der Waals surface area contributed by atoms with Crippen molar-refractivity contribution in [2.24, 2.45) is 0 Å². The van der Waals surface area contributed by atoms with Gasteiger partial charge in [0.1, 0.15) is 5.01 Å². The van der Waals surface area contributed by atoms with E-state index in [1.807, 2.05) is 48.7 Å². The van der Waals surface area contributed by atoms with Gasteiger partial charge < -0.3 is 5.32 Å². The summed E-state index contributed by atoms with van der Waals surface area (Å²) in [5, 5.41) is 6.90. The molecule has 2 heterocycles. The molecule has 0 aliphatic rings. The van der Waals surface area contributed by atoms with Crippen molar-refractivity contribution >= 4 is 55.5 Å². The Bertz CT molecular complexity index is 1100. The Morgan fingerprint density at radius 1 is 1.19 bits per heavy atom. The summed E-state index contributed by atoms with van der Waals surface area (Å²) in [6.07, 6.45) is 0.214. The van der Waals surface area contributed by atoms with Gasteiger partial charge in [-0.15, -0.1) is 11.3 Å². The van der Waals surface area contributed by atoms with E-state index in [2.05, 4.69) is 21.4 Å². The fourth-order valence-electron chi connectivity index (χ4n) is 2.56. The highest BCUT2D eigenvalue weighted by molar-refractivity contribution is 7.22. The van der Waals surface area contributed by atoms with Gasteiger partial charge in [-0.05, 0) is 36.8 Å². The molecular formula is C19H14ClN3OS2. The number of fused-ring (bicyclic) bond motifs is 1. The van der Waals surface area contributed by atoms with Crippen LogP contribution in [0.2, 0.25) is 5.02 Å². The maximum atomic E-state index is 12.3. The van der Waals surface area contributed by atoms with Gasteiger partial charge in [0.15, 0.2) is 5.13 Å². The number of hydrogen-bond acceptors (Lipinski definition) is 5. The van der Waals surface area contributed by atoms with Crippen molar-refractivity contribution in [2.75, 3.05) is 5.32 Å². The van der Waals surface area contributed by atoms with E-state index >= 15 is 0 Å². The van der Waals surface area contributed by atoms with Crippen molar-refractivity contribution in [1.82, 2.24) is 9.97 Å². The molecule has 0 saturated carbocycles. The van der Waals surface area contributed by atoms with Crippen molar-refractivity contribution in [1.29, 1.82) is 0 Å². The number of nitrogens with zero attached hydrogens (tertiary/aromatic N) is 2. The highest BCUT2D eigenvalue weighted by Gasteiger charge is 2.12. The molecular weight excluding hydrogens is 386 g/mol. The first-order valence-corrected chi connectivity index (χ1v) is 10.0. The third-order valence-electron chi connectivity index (χ3n) is 3.76. The smallest absolute Gasteiger partial charge is 0.232 e. The molecule has 0 atom stereocenters. The van der Waals surface area contributed by atoms with E-state index in [1.54, 1.807) is 0 Å².